The van der Waals surface area contributed by atoms with Crippen LogP contribution in [0.1, 0.15) is 16.7 Å². The predicted molar refractivity (Wildman–Crippen MR) is 82.9 cm³/mol. The van der Waals surface area contributed by atoms with Crippen molar-refractivity contribution in [1.29, 1.82) is 0 Å². The van der Waals surface area contributed by atoms with Crippen LogP contribution in [0.2, 0.25) is 0 Å². The lowest BCUT2D eigenvalue weighted by atomic mass is 10.0. The Balaban J connectivity index is 1.85. The van der Waals surface area contributed by atoms with E-state index in [1.165, 1.54) is 16.7 Å². The molecule has 0 radical (unpaired) electrons. The highest BCUT2D eigenvalue weighted by Crippen LogP contribution is 2.23. The highest BCUT2D eigenvalue weighted by Gasteiger charge is 2.16. The number of anilines is 1. The summed E-state index contributed by atoms with van der Waals surface area (Å²) in [6.45, 7) is 2.10. The van der Waals surface area contributed by atoms with E-state index in [1.807, 2.05) is 12.3 Å². The van der Waals surface area contributed by atoms with E-state index < -0.39 is 0 Å². The molecular weight excluding hydrogens is 300 g/mol. The highest BCUT2D eigenvalue weighted by molar-refractivity contribution is 9.08. The van der Waals surface area contributed by atoms with Crippen molar-refractivity contribution in [2.75, 3.05) is 18.0 Å². The van der Waals surface area contributed by atoms with Gasteiger partial charge in [-0.2, -0.15) is 0 Å². The van der Waals surface area contributed by atoms with Crippen molar-refractivity contribution in [2.45, 2.75) is 18.2 Å². The van der Waals surface area contributed by atoms with Crippen molar-refractivity contribution in [3.05, 3.63) is 59.3 Å². The molecule has 3 rings (SSSR count). The van der Waals surface area contributed by atoms with Crippen molar-refractivity contribution < 1.29 is 0 Å². The zero-order chi connectivity index (χ0) is 13.1. The van der Waals surface area contributed by atoms with Crippen LogP contribution in [0, 0.1) is 0 Å². The van der Waals surface area contributed by atoms with Gasteiger partial charge in [0.1, 0.15) is 5.82 Å². The summed E-state index contributed by atoms with van der Waals surface area (Å²) in [5, 5.41) is 0.861. The molecule has 0 saturated heterocycles. The Hall–Kier alpha value is -1.35. The Morgan fingerprint density at radius 3 is 2.32 bits per heavy atom. The molecule has 1 aromatic carbocycles. The van der Waals surface area contributed by atoms with Crippen molar-refractivity contribution in [1.82, 2.24) is 4.98 Å². The Labute approximate surface area is 122 Å². The second-order valence-corrected chi connectivity index (χ2v) is 5.44. The first-order valence-electron chi connectivity index (χ1n) is 6.70. The van der Waals surface area contributed by atoms with Crippen LogP contribution in [-0.4, -0.2) is 18.1 Å². The van der Waals surface area contributed by atoms with Gasteiger partial charge in [0.2, 0.25) is 0 Å². The fourth-order valence-electron chi connectivity index (χ4n) is 2.70. The molecule has 3 heteroatoms. The molecule has 0 spiro atoms. The average Bonchev–Trinajstić information content (AvgIpc) is 2.70. The van der Waals surface area contributed by atoms with Crippen LogP contribution in [0.4, 0.5) is 5.82 Å². The molecule has 0 saturated carbocycles. The summed E-state index contributed by atoms with van der Waals surface area (Å²) < 4.78 is 0. The van der Waals surface area contributed by atoms with Crippen LogP contribution >= 0.6 is 15.9 Å². The van der Waals surface area contributed by atoms with Gasteiger partial charge in [0, 0.05) is 30.2 Å². The molecule has 0 amide bonds. The third kappa shape index (κ3) is 2.66. The van der Waals surface area contributed by atoms with E-state index in [1.54, 1.807) is 0 Å². The van der Waals surface area contributed by atoms with Gasteiger partial charge >= 0.3 is 0 Å². The van der Waals surface area contributed by atoms with Gasteiger partial charge in [-0.15, -0.1) is 0 Å². The number of halogens is 1. The number of fused-ring (bicyclic) bond motifs is 1. The highest BCUT2D eigenvalue weighted by atomic mass is 79.9. The fraction of sp³-hybridized carbons (Fsp3) is 0.312. The van der Waals surface area contributed by atoms with Crippen molar-refractivity contribution in [3.63, 3.8) is 0 Å². The van der Waals surface area contributed by atoms with Crippen molar-refractivity contribution in [2.24, 2.45) is 0 Å². The molecule has 1 aromatic heterocycles. The molecule has 0 atom stereocenters. The second kappa shape index (κ2) is 5.74. The van der Waals surface area contributed by atoms with Gasteiger partial charge in [-0.1, -0.05) is 46.3 Å². The quantitative estimate of drug-likeness (QED) is 0.787. The summed E-state index contributed by atoms with van der Waals surface area (Å²) in [6, 6.07) is 12.9. The van der Waals surface area contributed by atoms with Gasteiger partial charge in [0.15, 0.2) is 0 Å². The van der Waals surface area contributed by atoms with Gasteiger partial charge in [0.05, 0.1) is 0 Å². The van der Waals surface area contributed by atoms with Gasteiger partial charge in [-0.05, 0) is 30.0 Å². The SMILES string of the molecule is BrCc1cccnc1N1CCc2ccccc2CC1. The van der Waals surface area contributed by atoms with Crippen LogP contribution in [0.25, 0.3) is 0 Å². The maximum absolute atomic E-state index is 4.57. The van der Waals surface area contributed by atoms with Crippen molar-refractivity contribution >= 4 is 21.7 Å². The number of pyridine rings is 1. The van der Waals surface area contributed by atoms with Crippen LogP contribution < -0.4 is 4.90 Å². The summed E-state index contributed by atoms with van der Waals surface area (Å²) in [4.78, 5) is 6.99. The van der Waals surface area contributed by atoms with Crippen LogP contribution in [-0.2, 0) is 18.2 Å². The number of hydrogen-bond acceptors (Lipinski definition) is 2. The normalized spacial score (nSPS) is 14.9. The molecule has 1 aliphatic rings. The summed E-state index contributed by atoms with van der Waals surface area (Å²) >= 11 is 3.56. The zero-order valence-corrected chi connectivity index (χ0v) is 12.4. The van der Waals surface area contributed by atoms with Gasteiger partial charge in [0.25, 0.3) is 0 Å². The van der Waals surface area contributed by atoms with E-state index in [-0.39, 0.29) is 0 Å². The monoisotopic (exact) mass is 316 g/mol. The summed E-state index contributed by atoms with van der Waals surface area (Å²) in [6.07, 6.45) is 4.10. The molecule has 2 aromatic rings. The minimum absolute atomic E-state index is 0.861. The van der Waals surface area contributed by atoms with Gasteiger partial charge < -0.3 is 4.90 Å². The molecule has 0 aliphatic carbocycles. The van der Waals surface area contributed by atoms with Crippen molar-refractivity contribution in [3.8, 4) is 0 Å². The molecular formula is C16H17BrN2. The first kappa shape index (κ1) is 12.7. The van der Waals surface area contributed by atoms with E-state index in [9.17, 15) is 0 Å². The molecule has 0 fully saturated rings. The Bertz CT molecular complexity index is 541. The maximum Gasteiger partial charge on any atom is 0.132 e. The molecule has 1 aliphatic heterocycles. The molecule has 2 heterocycles. The number of hydrogen-bond donors (Lipinski definition) is 0. The second-order valence-electron chi connectivity index (χ2n) is 4.88. The summed E-state index contributed by atoms with van der Waals surface area (Å²) in [5.41, 5.74) is 4.25. The molecule has 2 nitrogen and oxygen atoms in total. The number of rotatable bonds is 2. The smallest absolute Gasteiger partial charge is 0.132 e. The molecule has 0 unspecified atom stereocenters. The number of nitrogens with zero attached hydrogens (tertiary/aromatic N) is 2. The van der Waals surface area contributed by atoms with Gasteiger partial charge in [-0.25, -0.2) is 4.98 Å². The van der Waals surface area contributed by atoms with Gasteiger partial charge in [-0.3, -0.25) is 0 Å². The van der Waals surface area contributed by atoms with Crippen LogP contribution in [0.5, 0.6) is 0 Å². The Kier molecular flexibility index (Phi) is 3.83. The minimum atomic E-state index is 0.861. The number of benzene rings is 1. The van der Waals surface area contributed by atoms with E-state index in [0.717, 1.165) is 37.1 Å². The van der Waals surface area contributed by atoms with E-state index >= 15 is 0 Å². The Morgan fingerprint density at radius 2 is 1.68 bits per heavy atom. The number of alkyl halides is 1. The topological polar surface area (TPSA) is 16.1 Å². The summed E-state index contributed by atoms with van der Waals surface area (Å²) in [7, 11) is 0. The molecule has 19 heavy (non-hydrogen) atoms. The fourth-order valence-corrected chi connectivity index (χ4v) is 3.14. The average molecular weight is 317 g/mol. The minimum Gasteiger partial charge on any atom is -0.356 e. The summed E-state index contributed by atoms with van der Waals surface area (Å²) in [5.74, 6) is 1.13. The lowest BCUT2D eigenvalue weighted by Crippen LogP contribution is -2.27. The third-order valence-corrected chi connectivity index (χ3v) is 4.34. The molecule has 98 valence electrons. The van der Waals surface area contributed by atoms with E-state index in [2.05, 4.69) is 56.1 Å². The zero-order valence-electron chi connectivity index (χ0n) is 10.8. The van der Waals surface area contributed by atoms with Crippen LogP contribution in [0.15, 0.2) is 42.6 Å². The standard InChI is InChI=1S/C16H17BrN2/c17-12-15-6-3-9-18-16(15)19-10-7-13-4-1-2-5-14(13)8-11-19/h1-6,9H,7-8,10-12H2. The first-order valence-corrected chi connectivity index (χ1v) is 7.82. The maximum atomic E-state index is 4.57. The Morgan fingerprint density at radius 1 is 1.00 bits per heavy atom. The van der Waals surface area contributed by atoms with Crippen LogP contribution in [0.3, 0.4) is 0 Å². The third-order valence-electron chi connectivity index (χ3n) is 3.73. The number of aromatic nitrogens is 1. The van der Waals surface area contributed by atoms with E-state index in [4.69, 9.17) is 0 Å². The largest absolute Gasteiger partial charge is 0.356 e. The lowest BCUT2D eigenvalue weighted by Gasteiger charge is -2.23. The first-order chi connectivity index (χ1) is 9.38. The lowest BCUT2D eigenvalue weighted by molar-refractivity contribution is 0.786. The molecule has 0 bridgehead atoms. The molecule has 0 N–H and O–H groups in total. The van der Waals surface area contributed by atoms with E-state index in [0.29, 0.717) is 0 Å². The predicted octanol–water partition coefficient (Wildman–Crippen LogP) is 3.58.